The molecule has 0 aliphatic carbocycles. The van der Waals surface area contributed by atoms with E-state index in [1.54, 1.807) is 6.92 Å². The molecule has 0 aliphatic rings. The molecule has 3 nitrogen and oxygen atoms in total. The molecule has 0 spiro atoms. The summed E-state index contributed by atoms with van der Waals surface area (Å²) in [4.78, 5) is 12.9. The summed E-state index contributed by atoms with van der Waals surface area (Å²) >= 11 is 5.84. The molecule has 1 aromatic carbocycles. The Kier molecular flexibility index (Phi) is 4.97. The van der Waals surface area contributed by atoms with Crippen molar-refractivity contribution < 1.29 is 9.90 Å². The van der Waals surface area contributed by atoms with Crippen molar-refractivity contribution in [1.29, 1.82) is 0 Å². The lowest BCUT2D eigenvalue weighted by atomic mass is 9.95. The van der Waals surface area contributed by atoms with Gasteiger partial charge in [0.15, 0.2) is 0 Å². The highest BCUT2D eigenvalue weighted by Gasteiger charge is 2.21. The van der Waals surface area contributed by atoms with E-state index in [0.29, 0.717) is 11.4 Å². The maximum Gasteiger partial charge on any atom is 0.306 e. The molecule has 0 heterocycles. The molecule has 0 amide bonds. The second kappa shape index (κ2) is 6.03. The SMILES string of the molecule is CC(CC(c1ccc(Cl)cc1)N(C)C)C(=O)O. The zero-order chi connectivity index (χ0) is 13.0. The minimum Gasteiger partial charge on any atom is -0.481 e. The number of hydrogen-bond donors (Lipinski definition) is 1. The van der Waals surface area contributed by atoms with Crippen molar-refractivity contribution in [3.63, 3.8) is 0 Å². The normalized spacial score (nSPS) is 14.6. The third-order valence-corrected chi connectivity index (χ3v) is 3.13. The predicted octanol–water partition coefficient (Wildman–Crippen LogP) is 3.05. The zero-order valence-electron chi connectivity index (χ0n) is 10.4. The van der Waals surface area contributed by atoms with Gasteiger partial charge in [0.25, 0.3) is 0 Å². The first-order valence-corrected chi connectivity index (χ1v) is 5.94. The van der Waals surface area contributed by atoms with Gasteiger partial charge in [0.2, 0.25) is 0 Å². The first-order valence-electron chi connectivity index (χ1n) is 5.56. The van der Waals surface area contributed by atoms with Crippen LogP contribution in [0, 0.1) is 5.92 Å². The van der Waals surface area contributed by atoms with Crippen molar-refractivity contribution >= 4 is 17.6 Å². The average Bonchev–Trinajstić information content (AvgIpc) is 2.26. The van der Waals surface area contributed by atoms with Gasteiger partial charge in [0.1, 0.15) is 0 Å². The van der Waals surface area contributed by atoms with Crippen molar-refractivity contribution in [2.24, 2.45) is 5.92 Å². The van der Waals surface area contributed by atoms with Crippen LogP contribution in [-0.2, 0) is 4.79 Å². The number of hydrogen-bond acceptors (Lipinski definition) is 2. The molecule has 0 aliphatic heterocycles. The molecule has 2 atom stereocenters. The third kappa shape index (κ3) is 4.02. The summed E-state index contributed by atoms with van der Waals surface area (Å²) in [5.74, 6) is -1.12. The molecule has 0 saturated heterocycles. The lowest BCUT2D eigenvalue weighted by Gasteiger charge is -2.26. The third-order valence-electron chi connectivity index (χ3n) is 2.88. The van der Waals surface area contributed by atoms with Crippen LogP contribution < -0.4 is 0 Å². The average molecular weight is 256 g/mol. The number of rotatable bonds is 5. The number of benzene rings is 1. The van der Waals surface area contributed by atoms with Gasteiger partial charge in [-0.2, -0.15) is 0 Å². The monoisotopic (exact) mass is 255 g/mol. The Balaban J connectivity index is 2.86. The van der Waals surface area contributed by atoms with E-state index in [1.165, 1.54) is 0 Å². The molecule has 0 saturated carbocycles. The van der Waals surface area contributed by atoms with Crippen molar-refractivity contribution in [1.82, 2.24) is 4.90 Å². The molecule has 2 unspecified atom stereocenters. The van der Waals surface area contributed by atoms with Gasteiger partial charge in [-0.25, -0.2) is 0 Å². The van der Waals surface area contributed by atoms with E-state index in [-0.39, 0.29) is 12.0 Å². The topological polar surface area (TPSA) is 40.5 Å². The Bertz CT molecular complexity index is 376. The van der Waals surface area contributed by atoms with Crippen molar-refractivity contribution in [2.75, 3.05) is 14.1 Å². The number of carboxylic acids is 1. The van der Waals surface area contributed by atoms with Gasteiger partial charge >= 0.3 is 5.97 Å². The zero-order valence-corrected chi connectivity index (χ0v) is 11.1. The summed E-state index contributed by atoms with van der Waals surface area (Å²) in [6.45, 7) is 1.73. The van der Waals surface area contributed by atoms with Crippen molar-refractivity contribution in [2.45, 2.75) is 19.4 Å². The van der Waals surface area contributed by atoms with Crippen LogP contribution in [0.15, 0.2) is 24.3 Å². The second-order valence-corrected chi connectivity index (χ2v) is 4.94. The molecule has 0 fully saturated rings. The Hall–Kier alpha value is -1.06. The van der Waals surface area contributed by atoms with Crippen molar-refractivity contribution in [3.8, 4) is 0 Å². The molecule has 0 radical (unpaired) electrons. The lowest BCUT2D eigenvalue weighted by molar-refractivity contribution is -0.141. The lowest BCUT2D eigenvalue weighted by Crippen LogP contribution is -2.24. The minimum absolute atomic E-state index is 0.0957. The standard InChI is InChI=1S/C13H18ClNO2/c1-9(13(16)17)8-12(15(2)3)10-4-6-11(14)7-5-10/h4-7,9,12H,8H2,1-3H3,(H,16,17). The molecular weight excluding hydrogens is 238 g/mol. The van der Waals surface area contributed by atoms with Gasteiger partial charge in [0.05, 0.1) is 5.92 Å². The summed E-state index contributed by atoms with van der Waals surface area (Å²) < 4.78 is 0. The van der Waals surface area contributed by atoms with Crippen LogP contribution in [0.4, 0.5) is 0 Å². The molecule has 0 bridgehead atoms. The van der Waals surface area contributed by atoms with E-state index in [0.717, 1.165) is 5.56 Å². The van der Waals surface area contributed by atoms with E-state index in [1.807, 2.05) is 43.3 Å². The quantitative estimate of drug-likeness (QED) is 0.879. The smallest absolute Gasteiger partial charge is 0.306 e. The first kappa shape index (κ1) is 14.0. The Morgan fingerprint density at radius 3 is 2.29 bits per heavy atom. The number of aliphatic carboxylic acids is 1. The number of nitrogens with zero attached hydrogens (tertiary/aromatic N) is 1. The van der Waals surface area contributed by atoms with Crippen LogP contribution in [0.3, 0.4) is 0 Å². The first-order chi connectivity index (χ1) is 7.91. The van der Waals surface area contributed by atoms with Gasteiger partial charge in [-0.1, -0.05) is 30.7 Å². The van der Waals surface area contributed by atoms with Crippen molar-refractivity contribution in [3.05, 3.63) is 34.9 Å². The fraction of sp³-hybridized carbons (Fsp3) is 0.462. The van der Waals surface area contributed by atoms with E-state index in [9.17, 15) is 4.79 Å². The molecular formula is C13H18ClNO2. The van der Waals surface area contributed by atoms with E-state index in [2.05, 4.69) is 0 Å². The number of carbonyl (C=O) groups is 1. The van der Waals surface area contributed by atoms with Gasteiger partial charge < -0.3 is 10.0 Å². The second-order valence-electron chi connectivity index (χ2n) is 4.51. The van der Waals surface area contributed by atoms with Crippen LogP contribution in [0.5, 0.6) is 0 Å². The summed E-state index contributed by atoms with van der Waals surface area (Å²) in [6.07, 6.45) is 0.587. The highest BCUT2D eigenvalue weighted by molar-refractivity contribution is 6.30. The number of carboxylic acid groups (broad SMARTS) is 1. The molecule has 4 heteroatoms. The van der Waals surface area contributed by atoms with Gasteiger partial charge in [-0.3, -0.25) is 4.79 Å². The summed E-state index contributed by atoms with van der Waals surface area (Å²) in [6, 6.07) is 7.65. The largest absolute Gasteiger partial charge is 0.481 e. The number of halogens is 1. The van der Waals surface area contributed by atoms with Gasteiger partial charge in [-0.05, 0) is 38.2 Å². The molecule has 17 heavy (non-hydrogen) atoms. The molecule has 1 rings (SSSR count). The van der Waals surface area contributed by atoms with E-state index >= 15 is 0 Å². The fourth-order valence-electron chi connectivity index (χ4n) is 1.77. The van der Waals surface area contributed by atoms with Crippen LogP contribution in [-0.4, -0.2) is 30.1 Å². The summed E-state index contributed by atoms with van der Waals surface area (Å²) in [7, 11) is 3.90. The maximum absolute atomic E-state index is 10.9. The van der Waals surface area contributed by atoms with Crippen LogP contribution in [0.2, 0.25) is 5.02 Å². The predicted molar refractivity (Wildman–Crippen MR) is 69.3 cm³/mol. The Morgan fingerprint density at radius 2 is 1.88 bits per heavy atom. The summed E-state index contributed by atoms with van der Waals surface area (Å²) in [5.41, 5.74) is 1.09. The maximum atomic E-state index is 10.9. The van der Waals surface area contributed by atoms with Gasteiger partial charge in [0, 0.05) is 11.1 Å². The molecule has 0 aromatic heterocycles. The Labute approximate surface area is 107 Å². The fourth-order valence-corrected chi connectivity index (χ4v) is 1.89. The minimum atomic E-state index is -0.759. The summed E-state index contributed by atoms with van der Waals surface area (Å²) in [5, 5.41) is 9.66. The van der Waals surface area contributed by atoms with Gasteiger partial charge in [-0.15, -0.1) is 0 Å². The van der Waals surface area contributed by atoms with Crippen LogP contribution >= 0.6 is 11.6 Å². The molecule has 1 N–H and O–H groups in total. The van der Waals surface area contributed by atoms with E-state index in [4.69, 9.17) is 16.7 Å². The Morgan fingerprint density at radius 1 is 1.35 bits per heavy atom. The highest BCUT2D eigenvalue weighted by Crippen LogP contribution is 2.26. The van der Waals surface area contributed by atoms with Crippen LogP contribution in [0.25, 0.3) is 0 Å². The van der Waals surface area contributed by atoms with Crippen LogP contribution in [0.1, 0.15) is 24.9 Å². The highest BCUT2D eigenvalue weighted by atomic mass is 35.5. The van der Waals surface area contributed by atoms with E-state index < -0.39 is 5.97 Å². The molecule has 94 valence electrons. The molecule has 1 aromatic rings.